The van der Waals surface area contributed by atoms with Crippen LogP contribution in [-0.2, 0) is 14.4 Å². The number of nitrogens with zero attached hydrogens (tertiary/aromatic N) is 1. The van der Waals surface area contributed by atoms with Gasteiger partial charge in [0.1, 0.15) is 0 Å². The molecule has 0 aromatic heterocycles. The number of amides is 2. The van der Waals surface area contributed by atoms with Gasteiger partial charge < -0.3 is 15.3 Å². The molecule has 2 amide bonds. The van der Waals surface area contributed by atoms with Crippen LogP contribution in [0.15, 0.2) is 54.6 Å². The smallest absolute Gasteiger partial charge is 0.305 e. The molecular formula is C20H19ClN2O4. The Balaban J connectivity index is 1.70. The lowest BCUT2D eigenvalue weighted by molar-refractivity contribution is -0.138. The molecule has 1 fully saturated rings. The van der Waals surface area contributed by atoms with Crippen molar-refractivity contribution in [2.24, 2.45) is 5.92 Å². The molecule has 2 atom stereocenters. The number of rotatable bonds is 6. The van der Waals surface area contributed by atoms with Crippen LogP contribution in [0.3, 0.4) is 0 Å². The van der Waals surface area contributed by atoms with Crippen LogP contribution >= 0.6 is 11.6 Å². The molecule has 2 aromatic rings. The number of anilines is 1. The van der Waals surface area contributed by atoms with Gasteiger partial charge in [-0.2, -0.15) is 0 Å². The maximum absolute atomic E-state index is 12.7. The standard InChI is InChI=1S/C20H19ClN2O4/c21-15-6-8-16(9-7-15)23-12-14(10-18(23)24)20(27)22-17(11-19(25)26)13-4-2-1-3-5-13/h1-9,14,17H,10-12H2,(H,22,27)(H,25,26). The molecule has 140 valence electrons. The van der Waals surface area contributed by atoms with Gasteiger partial charge in [-0.1, -0.05) is 41.9 Å². The van der Waals surface area contributed by atoms with E-state index in [1.165, 1.54) is 0 Å². The van der Waals surface area contributed by atoms with Crippen LogP contribution in [0.1, 0.15) is 24.4 Å². The molecule has 0 radical (unpaired) electrons. The molecule has 0 bridgehead atoms. The van der Waals surface area contributed by atoms with Crippen LogP contribution in [0.2, 0.25) is 5.02 Å². The zero-order valence-electron chi connectivity index (χ0n) is 14.5. The van der Waals surface area contributed by atoms with E-state index in [0.29, 0.717) is 16.3 Å². The van der Waals surface area contributed by atoms with E-state index < -0.39 is 17.9 Å². The fourth-order valence-corrected chi connectivity index (χ4v) is 3.28. The molecule has 3 rings (SSSR count). The van der Waals surface area contributed by atoms with Crippen LogP contribution < -0.4 is 10.2 Å². The number of carbonyl (C=O) groups excluding carboxylic acids is 2. The van der Waals surface area contributed by atoms with Gasteiger partial charge in [0.2, 0.25) is 11.8 Å². The van der Waals surface area contributed by atoms with Gasteiger partial charge in [0, 0.05) is 23.7 Å². The van der Waals surface area contributed by atoms with Gasteiger partial charge in [-0.25, -0.2) is 0 Å². The van der Waals surface area contributed by atoms with Crippen LogP contribution in [0.4, 0.5) is 5.69 Å². The van der Waals surface area contributed by atoms with Gasteiger partial charge in [0.05, 0.1) is 18.4 Å². The molecule has 2 aromatic carbocycles. The van der Waals surface area contributed by atoms with Crippen molar-refractivity contribution in [3.63, 3.8) is 0 Å². The largest absolute Gasteiger partial charge is 0.481 e. The Morgan fingerprint density at radius 1 is 1.15 bits per heavy atom. The molecule has 0 spiro atoms. The highest BCUT2D eigenvalue weighted by molar-refractivity contribution is 6.30. The number of nitrogens with one attached hydrogen (secondary N) is 1. The second-order valence-electron chi connectivity index (χ2n) is 6.45. The second kappa shape index (κ2) is 8.22. The zero-order valence-corrected chi connectivity index (χ0v) is 15.2. The van der Waals surface area contributed by atoms with Crippen molar-refractivity contribution < 1.29 is 19.5 Å². The van der Waals surface area contributed by atoms with Gasteiger partial charge in [-0.15, -0.1) is 0 Å². The summed E-state index contributed by atoms with van der Waals surface area (Å²) in [6.07, 6.45) is -0.139. The first kappa shape index (κ1) is 18.9. The number of hydrogen-bond acceptors (Lipinski definition) is 3. The first-order valence-electron chi connectivity index (χ1n) is 8.57. The van der Waals surface area contributed by atoms with Crippen molar-refractivity contribution in [2.75, 3.05) is 11.4 Å². The fraction of sp³-hybridized carbons (Fsp3) is 0.250. The van der Waals surface area contributed by atoms with Crippen molar-refractivity contribution in [1.29, 1.82) is 0 Å². The van der Waals surface area contributed by atoms with E-state index in [4.69, 9.17) is 16.7 Å². The molecule has 0 aliphatic carbocycles. The Hall–Kier alpha value is -2.86. The lowest BCUT2D eigenvalue weighted by Crippen LogP contribution is -2.36. The average molecular weight is 387 g/mol. The van der Waals surface area contributed by atoms with E-state index in [0.717, 1.165) is 0 Å². The predicted molar refractivity (Wildman–Crippen MR) is 101 cm³/mol. The number of benzene rings is 2. The number of hydrogen-bond donors (Lipinski definition) is 2. The minimum absolute atomic E-state index is 0.0864. The minimum atomic E-state index is -1.01. The van der Waals surface area contributed by atoms with E-state index >= 15 is 0 Å². The predicted octanol–water partition coefficient (Wildman–Crippen LogP) is 3.03. The third-order valence-electron chi connectivity index (χ3n) is 4.53. The molecule has 1 heterocycles. The normalized spacial score (nSPS) is 17.6. The van der Waals surface area contributed by atoms with Gasteiger partial charge >= 0.3 is 5.97 Å². The van der Waals surface area contributed by atoms with Crippen molar-refractivity contribution in [3.05, 3.63) is 65.2 Å². The quantitative estimate of drug-likeness (QED) is 0.798. The molecule has 0 saturated carbocycles. The Morgan fingerprint density at radius 2 is 1.81 bits per heavy atom. The fourth-order valence-electron chi connectivity index (χ4n) is 3.16. The van der Waals surface area contributed by atoms with E-state index in [-0.39, 0.29) is 31.2 Å². The number of carboxylic acid groups (broad SMARTS) is 1. The molecule has 1 aliphatic rings. The maximum Gasteiger partial charge on any atom is 0.305 e. The Morgan fingerprint density at radius 3 is 2.44 bits per heavy atom. The monoisotopic (exact) mass is 386 g/mol. The molecule has 1 saturated heterocycles. The number of halogens is 1. The lowest BCUT2D eigenvalue weighted by atomic mass is 10.0. The average Bonchev–Trinajstić information content (AvgIpc) is 3.04. The molecule has 6 nitrogen and oxygen atoms in total. The highest BCUT2D eigenvalue weighted by atomic mass is 35.5. The molecular weight excluding hydrogens is 368 g/mol. The third kappa shape index (κ3) is 4.65. The van der Waals surface area contributed by atoms with Crippen molar-refractivity contribution in [2.45, 2.75) is 18.9 Å². The minimum Gasteiger partial charge on any atom is -0.481 e. The molecule has 2 unspecified atom stereocenters. The summed E-state index contributed by atoms with van der Waals surface area (Å²) < 4.78 is 0. The third-order valence-corrected chi connectivity index (χ3v) is 4.78. The maximum atomic E-state index is 12.7. The summed E-state index contributed by atoms with van der Waals surface area (Å²) in [7, 11) is 0. The Kier molecular flexibility index (Phi) is 5.76. The van der Waals surface area contributed by atoms with E-state index in [1.807, 2.05) is 6.07 Å². The highest BCUT2D eigenvalue weighted by Gasteiger charge is 2.36. The summed E-state index contributed by atoms with van der Waals surface area (Å²) >= 11 is 5.88. The Labute approximate surface area is 161 Å². The Bertz CT molecular complexity index is 839. The molecule has 2 N–H and O–H groups in total. The second-order valence-corrected chi connectivity index (χ2v) is 6.89. The molecule has 27 heavy (non-hydrogen) atoms. The highest BCUT2D eigenvalue weighted by Crippen LogP contribution is 2.27. The summed E-state index contributed by atoms with van der Waals surface area (Å²) in [6.45, 7) is 0.251. The molecule has 1 aliphatic heterocycles. The van der Waals surface area contributed by atoms with E-state index in [2.05, 4.69) is 5.32 Å². The van der Waals surface area contributed by atoms with Crippen molar-refractivity contribution in [3.8, 4) is 0 Å². The van der Waals surface area contributed by atoms with Gasteiger partial charge in [0.25, 0.3) is 0 Å². The van der Waals surface area contributed by atoms with Crippen LogP contribution in [0.25, 0.3) is 0 Å². The summed E-state index contributed by atoms with van der Waals surface area (Å²) in [5.41, 5.74) is 1.40. The van der Waals surface area contributed by atoms with Crippen LogP contribution in [0, 0.1) is 5.92 Å². The van der Waals surface area contributed by atoms with Crippen molar-refractivity contribution in [1.82, 2.24) is 5.32 Å². The summed E-state index contributed by atoms with van der Waals surface area (Å²) in [5, 5.41) is 12.5. The van der Waals surface area contributed by atoms with Gasteiger partial charge in [0.15, 0.2) is 0 Å². The van der Waals surface area contributed by atoms with E-state index in [9.17, 15) is 14.4 Å². The van der Waals surface area contributed by atoms with Crippen LogP contribution in [-0.4, -0.2) is 29.4 Å². The molecule has 7 heteroatoms. The van der Waals surface area contributed by atoms with Crippen molar-refractivity contribution >= 4 is 35.1 Å². The number of carboxylic acids is 1. The zero-order chi connectivity index (χ0) is 19.4. The van der Waals surface area contributed by atoms with Gasteiger partial charge in [-0.05, 0) is 29.8 Å². The van der Waals surface area contributed by atoms with Crippen LogP contribution in [0.5, 0.6) is 0 Å². The summed E-state index contributed by atoms with van der Waals surface area (Å²) in [4.78, 5) is 37.7. The lowest BCUT2D eigenvalue weighted by Gasteiger charge is -2.20. The number of aliphatic carboxylic acids is 1. The van der Waals surface area contributed by atoms with E-state index in [1.54, 1.807) is 53.4 Å². The number of carbonyl (C=O) groups is 3. The first-order valence-corrected chi connectivity index (χ1v) is 8.95. The van der Waals surface area contributed by atoms with Gasteiger partial charge in [-0.3, -0.25) is 14.4 Å². The topological polar surface area (TPSA) is 86.7 Å². The SMILES string of the molecule is O=C(O)CC(NC(=O)C1CC(=O)N(c2ccc(Cl)cc2)C1)c1ccccc1. The first-order chi connectivity index (χ1) is 12.9. The summed E-state index contributed by atoms with van der Waals surface area (Å²) in [5.74, 6) is -2.01. The summed E-state index contributed by atoms with van der Waals surface area (Å²) in [6, 6.07) is 15.1.